The predicted molar refractivity (Wildman–Crippen MR) is 147 cm³/mol. The summed E-state index contributed by atoms with van der Waals surface area (Å²) in [5, 5.41) is 8.22. The first-order valence-corrected chi connectivity index (χ1v) is 14.0. The first kappa shape index (κ1) is 23.5. The van der Waals surface area contributed by atoms with Gasteiger partial charge in [0.05, 0.1) is 23.2 Å². The summed E-state index contributed by atoms with van der Waals surface area (Å²) in [6.07, 6.45) is 11.3. The molecule has 0 spiro atoms. The number of benzene rings is 1. The minimum absolute atomic E-state index is 0.459. The molecule has 0 radical (unpaired) electrons. The molecule has 1 saturated heterocycles. The van der Waals surface area contributed by atoms with E-state index in [2.05, 4.69) is 52.6 Å². The molecule has 3 aromatic rings. The van der Waals surface area contributed by atoms with Crippen molar-refractivity contribution >= 4 is 28.2 Å². The lowest BCUT2D eigenvalue weighted by atomic mass is 10.0. The minimum atomic E-state index is 0.459. The summed E-state index contributed by atoms with van der Waals surface area (Å²) in [5.41, 5.74) is 3.62. The molecule has 1 aromatic carbocycles. The van der Waals surface area contributed by atoms with Crippen LogP contribution in [0.5, 0.6) is 5.75 Å². The highest BCUT2D eigenvalue weighted by Gasteiger charge is 2.31. The van der Waals surface area contributed by atoms with E-state index in [1.165, 1.54) is 42.0 Å². The molecule has 36 heavy (non-hydrogen) atoms. The second kappa shape index (κ2) is 10.2. The van der Waals surface area contributed by atoms with Crippen molar-refractivity contribution in [1.29, 1.82) is 0 Å². The Kier molecular flexibility index (Phi) is 6.67. The van der Waals surface area contributed by atoms with Crippen LogP contribution in [0.25, 0.3) is 11.9 Å². The van der Waals surface area contributed by atoms with Crippen LogP contribution in [0.4, 0.5) is 5.00 Å². The highest BCUT2D eigenvalue weighted by atomic mass is 32.1. The standard InChI is InChI=1S/C29H35N5OS/c1-33-15-16-34(19-23(33)13-12-20-7-5-11-24(17-20)35-2)27-25-22(10-6-14-30-25)18-31-29-26(27)32-28(36-29)21-8-3-4-9-21/h5-7,10-11,14,17-18,21,23,31H,3-4,8-9,12-13,15-16,19H2,1-2H3. The number of nitrogens with zero attached hydrogens (tertiary/aromatic N) is 4. The summed E-state index contributed by atoms with van der Waals surface area (Å²) in [4.78, 5) is 15.3. The Labute approximate surface area is 217 Å². The molecule has 1 aliphatic carbocycles. The van der Waals surface area contributed by atoms with Crippen molar-refractivity contribution in [3.63, 3.8) is 0 Å². The van der Waals surface area contributed by atoms with Crippen LogP contribution in [0.15, 0.2) is 42.6 Å². The van der Waals surface area contributed by atoms with Gasteiger partial charge >= 0.3 is 0 Å². The molecule has 4 heterocycles. The van der Waals surface area contributed by atoms with Gasteiger partial charge in [-0.3, -0.25) is 9.88 Å². The van der Waals surface area contributed by atoms with Gasteiger partial charge in [0.15, 0.2) is 0 Å². The first-order chi connectivity index (χ1) is 17.7. The van der Waals surface area contributed by atoms with Crippen LogP contribution in [0.1, 0.15) is 54.3 Å². The van der Waals surface area contributed by atoms with Crippen LogP contribution >= 0.6 is 11.3 Å². The molecule has 2 fully saturated rings. The number of pyridine rings is 1. The number of thiazole rings is 1. The number of rotatable bonds is 6. The number of aryl methyl sites for hydroxylation is 1. The van der Waals surface area contributed by atoms with Crippen molar-refractivity contribution in [2.24, 2.45) is 0 Å². The molecule has 7 heteroatoms. The van der Waals surface area contributed by atoms with Crippen LogP contribution in [0.2, 0.25) is 0 Å². The van der Waals surface area contributed by atoms with Gasteiger partial charge in [0.2, 0.25) is 0 Å². The SMILES string of the molecule is COc1cccc(CCC2CN(C3=c4ncccc4=CNc4sc(C5CCCC5)nc43)CCN2C)c1. The van der Waals surface area contributed by atoms with Crippen LogP contribution in [-0.4, -0.2) is 59.6 Å². The van der Waals surface area contributed by atoms with Crippen molar-refractivity contribution in [3.8, 4) is 5.75 Å². The van der Waals surface area contributed by atoms with Crippen molar-refractivity contribution < 1.29 is 4.74 Å². The number of aromatic nitrogens is 2. The van der Waals surface area contributed by atoms with Crippen LogP contribution in [0, 0.1) is 0 Å². The lowest BCUT2D eigenvalue weighted by molar-refractivity contribution is 0.127. The fourth-order valence-electron chi connectivity index (χ4n) is 5.85. The number of likely N-dealkylation sites (N-methyl/N-ethyl adjacent to an activating group) is 1. The molecule has 1 N–H and O–H groups in total. The van der Waals surface area contributed by atoms with Crippen LogP contribution in [-0.2, 0) is 6.42 Å². The van der Waals surface area contributed by atoms with Crippen LogP contribution in [0.3, 0.4) is 0 Å². The minimum Gasteiger partial charge on any atom is -0.497 e. The zero-order valence-corrected chi connectivity index (χ0v) is 22.1. The third kappa shape index (κ3) is 4.62. The normalized spacial score (nSPS) is 20.3. The van der Waals surface area contributed by atoms with Gasteiger partial charge in [0.1, 0.15) is 16.4 Å². The first-order valence-electron chi connectivity index (χ1n) is 13.2. The third-order valence-corrected chi connectivity index (χ3v) is 9.14. The van der Waals surface area contributed by atoms with E-state index in [-0.39, 0.29) is 0 Å². The summed E-state index contributed by atoms with van der Waals surface area (Å²) >= 11 is 1.85. The molecular formula is C29H35N5OS. The number of fused-ring (bicyclic) bond motifs is 2. The molecule has 188 valence electrons. The van der Waals surface area contributed by atoms with E-state index in [9.17, 15) is 0 Å². The largest absolute Gasteiger partial charge is 0.497 e. The summed E-state index contributed by atoms with van der Waals surface area (Å²) in [6, 6.07) is 13.1. The van der Waals surface area contributed by atoms with Crippen LogP contribution < -0.4 is 20.6 Å². The second-order valence-corrected chi connectivity index (χ2v) is 11.3. The van der Waals surface area contributed by atoms with Crippen molar-refractivity contribution in [2.75, 3.05) is 39.1 Å². The summed E-state index contributed by atoms with van der Waals surface area (Å²) in [5.74, 6) is 1.54. The van der Waals surface area contributed by atoms with E-state index in [4.69, 9.17) is 14.7 Å². The smallest absolute Gasteiger partial charge is 0.124 e. The maximum atomic E-state index is 5.44. The van der Waals surface area contributed by atoms with Gasteiger partial charge in [-0.25, -0.2) is 4.98 Å². The third-order valence-electron chi connectivity index (χ3n) is 7.99. The van der Waals surface area contributed by atoms with Crippen molar-refractivity contribution in [2.45, 2.75) is 50.5 Å². The molecular weight excluding hydrogens is 466 g/mol. The monoisotopic (exact) mass is 501 g/mol. The maximum Gasteiger partial charge on any atom is 0.124 e. The molecule has 6 rings (SSSR count). The number of piperazine rings is 1. The molecule has 2 aliphatic heterocycles. The Balaban J connectivity index is 1.32. The van der Waals surface area contributed by atoms with Gasteiger partial charge in [-0.05, 0) is 62.6 Å². The van der Waals surface area contributed by atoms with E-state index in [1.54, 1.807) is 7.11 Å². The van der Waals surface area contributed by atoms with Gasteiger partial charge in [0.25, 0.3) is 0 Å². The molecule has 6 nitrogen and oxygen atoms in total. The fraction of sp³-hybridized carbons (Fsp3) is 0.448. The maximum absolute atomic E-state index is 5.44. The van der Waals surface area contributed by atoms with E-state index >= 15 is 0 Å². The number of hydrogen-bond donors (Lipinski definition) is 1. The highest BCUT2D eigenvalue weighted by molar-refractivity contribution is 7.16. The molecule has 1 unspecified atom stereocenters. The van der Waals surface area contributed by atoms with E-state index in [1.807, 2.05) is 29.7 Å². The van der Waals surface area contributed by atoms with Gasteiger partial charge in [-0.1, -0.05) is 25.0 Å². The second-order valence-electron chi connectivity index (χ2n) is 10.3. The predicted octanol–water partition coefficient (Wildman–Crippen LogP) is 3.77. The summed E-state index contributed by atoms with van der Waals surface area (Å²) < 4.78 is 5.44. The molecule has 0 bridgehead atoms. The zero-order valence-electron chi connectivity index (χ0n) is 21.2. The number of nitrogens with one attached hydrogen (secondary N) is 1. The molecule has 2 aromatic heterocycles. The van der Waals surface area contributed by atoms with Crippen molar-refractivity contribution in [3.05, 3.63) is 69.4 Å². The lowest BCUT2D eigenvalue weighted by Gasteiger charge is -2.41. The van der Waals surface area contributed by atoms with E-state index in [0.29, 0.717) is 12.0 Å². The number of ether oxygens (including phenoxy) is 1. The Bertz CT molecular complexity index is 1350. The Morgan fingerprint density at radius 1 is 1.14 bits per heavy atom. The Morgan fingerprint density at radius 3 is 2.89 bits per heavy atom. The van der Waals surface area contributed by atoms with E-state index < -0.39 is 0 Å². The average Bonchev–Trinajstić information content (AvgIpc) is 3.57. The number of hydrogen-bond acceptors (Lipinski definition) is 7. The quantitative estimate of drug-likeness (QED) is 0.555. The summed E-state index contributed by atoms with van der Waals surface area (Å²) in [6.45, 7) is 2.98. The highest BCUT2D eigenvalue weighted by Crippen LogP contribution is 2.41. The average molecular weight is 502 g/mol. The zero-order chi connectivity index (χ0) is 24.5. The Morgan fingerprint density at radius 2 is 2.03 bits per heavy atom. The molecule has 1 atom stereocenters. The molecule has 0 amide bonds. The lowest BCUT2D eigenvalue weighted by Crippen LogP contribution is -2.52. The fourth-order valence-corrected chi connectivity index (χ4v) is 6.96. The summed E-state index contributed by atoms with van der Waals surface area (Å²) in [7, 11) is 4.00. The molecule has 1 saturated carbocycles. The van der Waals surface area contributed by atoms with Gasteiger partial charge in [-0.15, -0.1) is 11.3 Å². The number of anilines is 1. The van der Waals surface area contributed by atoms with Crippen molar-refractivity contribution in [1.82, 2.24) is 19.8 Å². The van der Waals surface area contributed by atoms with E-state index in [0.717, 1.165) is 59.5 Å². The Hall–Kier alpha value is -2.90. The number of methoxy groups -OCH3 is 1. The topological polar surface area (TPSA) is 53.5 Å². The van der Waals surface area contributed by atoms with Gasteiger partial charge in [-0.2, -0.15) is 0 Å². The van der Waals surface area contributed by atoms with Gasteiger partial charge < -0.3 is 15.0 Å². The van der Waals surface area contributed by atoms with Gasteiger partial charge in [0, 0.05) is 49.2 Å². The molecule has 3 aliphatic rings.